The smallest absolute Gasteiger partial charge is 0.328 e. The number of urea groups is 1. The minimum Gasteiger partial charge on any atom is -0.711 e. The number of nitrogens with one attached hydrogen (secondary N) is 2. The highest BCUT2D eigenvalue weighted by Crippen LogP contribution is 2.37. The molecule has 0 unspecified atom stereocenters. The molecule has 2 heterocycles. The summed E-state index contributed by atoms with van der Waals surface area (Å²) < 4.78 is 7.26. The number of methoxy groups -OCH3 is 1. The molecule has 0 saturated carbocycles. The molecule has 1 fully saturated rings. The third kappa shape index (κ3) is 3.43. The molecule has 1 aromatic heterocycles. The summed E-state index contributed by atoms with van der Waals surface area (Å²) in [6, 6.07) is 3.24. The van der Waals surface area contributed by atoms with Gasteiger partial charge in [0.2, 0.25) is 11.8 Å². The number of aromatic nitrogens is 2. The first-order chi connectivity index (χ1) is 14.2. The fourth-order valence-electron chi connectivity index (χ4n) is 3.68. The Morgan fingerprint density at radius 2 is 1.87 bits per heavy atom. The van der Waals surface area contributed by atoms with Crippen LogP contribution in [0.3, 0.4) is 0 Å². The van der Waals surface area contributed by atoms with E-state index < -0.39 is 29.7 Å². The van der Waals surface area contributed by atoms with Crippen LogP contribution in [0.1, 0.15) is 28.7 Å². The summed E-state index contributed by atoms with van der Waals surface area (Å²) >= 11 is 0. The Balaban J connectivity index is 2.29. The number of imide groups is 2. The van der Waals surface area contributed by atoms with Crippen molar-refractivity contribution in [1.82, 2.24) is 15.2 Å². The number of barbiturate groups is 1. The van der Waals surface area contributed by atoms with Crippen LogP contribution in [0.15, 0.2) is 18.2 Å². The van der Waals surface area contributed by atoms with Crippen molar-refractivity contribution >= 4 is 17.8 Å². The molecule has 1 atom stereocenters. The molecule has 1 aliphatic heterocycles. The number of carbonyl (C=O) groups excluding carboxylic acids is 3. The normalized spacial score (nSPS) is 15.7. The van der Waals surface area contributed by atoms with E-state index in [4.69, 9.17) is 4.74 Å². The highest BCUT2D eigenvalue weighted by atomic mass is 16.5. The van der Waals surface area contributed by atoms with Crippen LogP contribution in [-0.2, 0) is 16.1 Å². The maximum absolute atomic E-state index is 13.0. The zero-order valence-electron chi connectivity index (χ0n) is 16.6. The molecule has 3 rings (SSSR count). The van der Waals surface area contributed by atoms with Crippen molar-refractivity contribution in [2.24, 2.45) is 5.92 Å². The molecular formula is C19H22N4O7. The SMILES string of the molecule is COc1cc([C@H](c2n(CCO)c(C)c(C)[n+]2[O-])C2C(=O)NC(=O)NC2=O)ccc1O. The maximum Gasteiger partial charge on any atom is 0.328 e. The van der Waals surface area contributed by atoms with E-state index in [-0.39, 0.29) is 30.5 Å². The zero-order valence-corrected chi connectivity index (χ0v) is 16.6. The van der Waals surface area contributed by atoms with E-state index in [0.717, 1.165) is 0 Å². The molecule has 4 amide bonds. The molecule has 160 valence electrons. The van der Waals surface area contributed by atoms with Gasteiger partial charge in [0, 0.05) is 13.8 Å². The lowest BCUT2D eigenvalue weighted by atomic mass is 9.82. The van der Waals surface area contributed by atoms with Crippen LogP contribution in [0.4, 0.5) is 4.79 Å². The molecule has 30 heavy (non-hydrogen) atoms. The van der Waals surface area contributed by atoms with E-state index in [9.17, 15) is 29.8 Å². The predicted octanol–water partition coefficient (Wildman–Crippen LogP) is -0.441. The van der Waals surface area contributed by atoms with E-state index in [2.05, 4.69) is 10.6 Å². The van der Waals surface area contributed by atoms with Gasteiger partial charge in [0.25, 0.3) is 5.82 Å². The number of phenols is 1. The summed E-state index contributed by atoms with van der Waals surface area (Å²) in [5.41, 5.74) is 1.22. The largest absolute Gasteiger partial charge is 0.711 e. The second-order valence-electron chi connectivity index (χ2n) is 6.89. The van der Waals surface area contributed by atoms with Crippen LogP contribution in [-0.4, -0.2) is 46.3 Å². The highest BCUT2D eigenvalue weighted by Gasteiger charge is 2.47. The van der Waals surface area contributed by atoms with Crippen molar-refractivity contribution in [3.63, 3.8) is 0 Å². The second kappa shape index (κ2) is 8.03. The number of ether oxygens (including phenoxy) is 1. The van der Waals surface area contributed by atoms with Gasteiger partial charge in [-0.1, -0.05) is 6.07 Å². The topological polar surface area (TPSA) is 157 Å². The Kier molecular flexibility index (Phi) is 5.65. The van der Waals surface area contributed by atoms with Crippen LogP contribution in [0, 0.1) is 25.0 Å². The molecule has 1 aliphatic rings. The Morgan fingerprint density at radius 3 is 2.43 bits per heavy atom. The summed E-state index contributed by atoms with van der Waals surface area (Å²) in [6.07, 6.45) is 0. The van der Waals surface area contributed by atoms with Crippen LogP contribution in [0.25, 0.3) is 0 Å². The quantitative estimate of drug-likeness (QED) is 0.281. The standard InChI is InChI=1S/C19H22N4O7/c1-9-10(2)23(29)18(22(9)6-7-24)14(11-4-5-12(25)13(8-11)30-3)15-16(26)20-19(28)21-17(15)27/h4-5,8,14-15,24-25H,6-7H2,1-3H3,(H2,20,21,26,27,28)/t14-/m0/s1. The number of rotatable bonds is 6. The number of benzene rings is 1. The number of carbonyl (C=O) groups is 3. The highest BCUT2D eigenvalue weighted by molar-refractivity contribution is 6.16. The molecule has 1 aromatic carbocycles. The van der Waals surface area contributed by atoms with Gasteiger partial charge in [-0.25, -0.2) is 14.1 Å². The number of nitrogens with zero attached hydrogens (tertiary/aromatic N) is 2. The summed E-state index contributed by atoms with van der Waals surface area (Å²) in [4.78, 5) is 36.8. The fourth-order valence-corrected chi connectivity index (χ4v) is 3.68. The van der Waals surface area contributed by atoms with Gasteiger partial charge in [-0.2, -0.15) is 0 Å². The molecular weight excluding hydrogens is 396 g/mol. The third-order valence-electron chi connectivity index (χ3n) is 5.25. The van der Waals surface area contributed by atoms with Gasteiger partial charge in [-0.3, -0.25) is 20.2 Å². The number of aliphatic hydroxyl groups excluding tert-OH is 1. The Hall–Kier alpha value is -3.60. The molecule has 0 bridgehead atoms. The average molecular weight is 418 g/mol. The number of aromatic hydroxyl groups is 1. The van der Waals surface area contributed by atoms with E-state index in [0.29, 0.717) is 21.7 Å². The lowest BCUT2D eigenvalue weighted by Gasteiger charge is -2.28. The maximum atomic E-state index is 13.0. The van der Waals surface area contributed by atoms with Gasteiger partial charge in [0.05, 0.1) is 13.7 Å². The van der Waals surface area contributed by atoms with Crippen LogP contribution >= 0.6 is 0 Å². The summed E-state index contributed by atoms with van der Waals surface area (Å²) in [5.74, 6) is -4.37. The lowest BCUT2D eigenvalue weighted by Crippen LogP contribution is -2.58. The fraction of sp³-hybridized carbons (Fsp3) is 0.368. The van der Waals surface area contributed by atoms with Gasteiger partial charge in [0.1, 0.15) is 29.8 Å². The van der Waals surface area contributed by atoms with Crippen molar-refractivity contribution < 1.29 is 34.1 Å². The monoisotopic (exact) mass is 418 g/mol. The summed E-state index contributed by atoms with van der Waals surface area (Å²) in [6.45, 7) is 3.04. The molecule has 11 nitrogen and oxygen atoms in total. The number of aliphatic hydroxyl groups is 1. The molecule has 0 radical (unpaired) electrons. The Morgan fingerprint density at radius 1 is 1.23 bits per heavy atom. The van der Waals surface area contributed by atoms with E-state index in [1.54, 1.807) is 13.8 Å². The average Bonchev–Trinajstić information content (AvgIpc) is 2.89. The zero-order chi connectivity index (χ0) is 22.2. The van der Waals surface area contributed by atoms with Gasteiger partial charge in [-0.05, 0) is 17.7 Å². The number of imidazole rings is 1. The Labute approximate surface area is 171 Å². The lowest BCUT2D eigenvalue weighted by molar-refractivity contribution is -0.621. The van der Waals surface area contributed by atoms with Crippen LogP contribution in [0.2, 0.25) is 0 Å². The van der Waals surface area contributed by atoms with E-state index >= 15 is 0 Å². The number of amides is 4. The van der Waals surface area contributed by atoms with Gasteiger partial charge < -0.3 is 20.2 Å². The summed E-state index contributed by atoms with van der Waals surface area (Å²) in [5, 5.41) is 36.6. The van der Waals surface area contributed by atoms with Crippen LogP contribution in [0.5, 0.6) is 11.5 Å². The van der Waals surface area contributed by atoms with Gasteiger partial charge in [0.15, 0.2) is 11.5 Å². The first-order valence-electron chi connectivity index (χ1n) is 9.13. The Bertz CT molecular complexity index is 1010. The second-order valence-corrected chi connectivity index (χ2v) is 6.89. The van der Waals surface area contributed by atoms with Crippen LogP contribution < -0.4 is 20.1 Å². The number of hydrogen-bond acceptors (Lipinski definition) is 7. The predicted molar refractivity (Wildman–Crippen MR) is 102 cm³/mol. The first kappa shape index (κ1) is 21.1. The molecule has 11 heteroatoms. The van der Waals surface area contributed by atoms with Crippen molar-refractivity contribution in [2.45, 2.75) is 26.3 Å². The van der Waals surface area contributed by atoms with Crippen molar-refractivity contribution in [3.05, 3.63) is 46.2 Å². The number of hydrogen-bond donors (Lipinski definition) is 4. The summed E-state index contributed by atoms with van der Waals surface area (Å²) in [7, 11) is 1.34. The molecule has 1 saturated heterocycles. The van der Waals surface area contributed by atoms with Crippen molar-refractivity contribution in [2.75, 3.05) is 13.7 Å². The van der Waals surface area contributed by atoms with Gasteiger partial charge >= 0.3 is 6.03 Å². The number of phenolic OH excluding ortho intramolecular Hbond substituents is 1. The molecule has 0 spiro atoms. The van der Waals surface area contributed by atoms with E-state index in [1.807, 2.05) is 0 Å². The molecule has 0 aliphatic carbocycles. The van der Waals surface area contributed by atoms with E-state index in [1.165, 1.54) is 29.9 Å². The third-order valence-corrected chi connectivity index (χ3v) is 5.25. The van der Waals surface area contributed by atoms with Crippen molar-refractivity contribution in [1.29, 1.82) is 0 Å². The van der Waals surface area contributed by atoms with Gasteiger partial charge in [-0.15, -0.1) is 0 Å². The first-order valence-corrected chi connectivity index (χ1v) is 9.13. The molecule has 4 N–H and O–H groups in total. The van der Waals surface area contributed by atoms with Crippen molar-refractivity contribution in [3.8, 4) is 11.5 Å². The minimum absolute atomic E-state index is 0.0384. The minimum atomic E-state index is -1.46. The molecule has 2 aromatic rings.